The van der Waals surface area contributed by atoms with Crippen LogP contribution in [0.2, 0.25) is 0 Å². The number of carbonyl (C=O) groups excluding carboxylic acids is 1. The first-order valence-electron chi connectivity index (χ1n) is 7.22. The Labute approximate surface area is 121 Å². The summed E-state index contributed by atoms with van der Waals surface area (Å²) in [5.41, 5.74) is 0. The van der Waals surface area contributed by atoms with E-state index >= 15 is 0 Å². The first kappa shape index (κ1) is 12.6. The van der Waals surface area contributed by atoms with Crippen LogP contribution in [0, 0.1) is 23.7 Å². The Balaban J connectivity index is 1.58. The summed E-state index contributed by atoms with van der Waals surface area (Å²) in [5, 5.41) is 17.3. The van der Waals surface area contributed by atoms with E-state index in [-0.39, 0.29) is 17.7 Å². The molecule has 1 amide bonds. The number of hydrogen-bond acceptors (Lipinski definition) is 4. The number of carboxylic acids is 1. The molecule has 4 atom stereocenters. The zero-order valence-electron chi connectivity index (χ0n) is 11.4. The van der Waals surface area contributed by atoms with Crippen molar-refractivity contribution in [2.24, 2.45) is 23.7 Å². The van der Waals surface area contributed by atoms with Gasteiger partial charge in [0.1, 0.15) is 6.33 Å². The van der Waals surface area contributed by atoms with Crippen LogP contribution in [0.4, 0.5) is 0 Å². The minimum Gasteiger partial charge on any atom is -0.481 e. The highest BCUT2D eigenvalue weighted by molar-refractivity contribution is 5.87. The lowest BCUT2D eigenvalue weighted by Crippen LogP contribution is -2.45. The highest BCUT2D eigenvalue weighted by Gasteiger charge is 2.52. The summed E-state index contributed by atoms with van der Waals surface area (Å²) >= 11 is 0. The molecule has 2 unspecified atom stereocenters. The van der Waals surface area contributed by atoms with Gasteiger partial charge in [0, 0.05) is 13.1 Å². The molecule has 21 heavy (non-hydrogen) atoms. The molecule has 4 rings (SSSR count). The van der Waals surface area contributed by atoms with E-state index in [0.29, 0.717) is 19.6 Å². The number of amides is 1. The molecule has 2 bridgehead atoms. The summed E-state index contributed by atoms with van der Waals surface area (Å²) in [7, 11) is 0. The van der Waals surface area contributed by atoms with Crippen molar-refractivity contribution in [1.29, 1.82) is 0 Å². The number of aromatic nitrogens is 3. The summed E-state index contributed by atoms with van der Waals surface area (Å²) in [6.07, 6.45) is 6.42. The molecule has 7 heteroatoms. The van der Waals surface area contributed by atoms with Gasteiger partial charge < -0.3 is 14.6 Å². The summed E-state index contributed by atoms with van der Waals surface area (Å²) in [4.78, 5) is 26.1. The fourth-order valence-corrected chi connectivity index (χ4v) is 3.96. The third kappa shape index (κ3) is 1.80. The van der Waals surface area contributed by atoms with Crippen molar-refractivity contribution in [2.75, 3.05) is 6.54 Å². The van der Waals surface area contributed by atoms with E-state index in [0.717, 1.165) is 12.2 Å². The molecule has 0 aromatic carbocycles. The molecule has 0 spiro atoms. The predicted molar refractivity (Wildman–Crippen MR) is 70.8 cm³/mol. The van der Waals surface area contributed by atoms with Crippen molar-refractivity contribution in [3.8, 4) is 0 Å². The minimum atomic E-state index is -0.856. The first-order chi connectivity index (χ1) is 10.1. The normalized spacial score (nSPS) is 33.2. The Morgan fingerprint density at radius 1 is 1.19 bits per heavy atom. The monoisotopic (exact) mass is 288 g/mol. The molecule has 1 fully saturated rings. The van der Waals surface area contributed by atoms with E-state index in [4.69, 9.17) is 0 Å². The largest absolute Gasteiger partial charge is 0.481 e. The number of hydrogen-bond donors (Lipinski definition) is 1. The number of carboxylic acid groups (broad SMARTS) is 1. The van der Waals surface area contributed by atoms with Gasteiger partial charge in [0.25, 0.3) is 0 Å². The van der Waals surface area contributed by atoms with Gasteiger partial charge in [-0.3, -0.25) is 9.59 Å². The molecule has 2 aliphatic carbocycles. The van der Waals surface area contributed by atoms with E-state index in [1.54, 1.807) is 11.2 Å². The van der Waals surface area contributed by atoms with Gasteiger partial charge in [0.15, 0.2) is 5.82 Å². The molecule has 110 valence electrons. The molecule has 1 aliphatic heterocycles. The average Bonchev–Trinajstić information content (AvgIpc) is 3.19. The Bertz CT molecular complexity index is 638. The minimum absolute atomic E-state index is 0.00916. The highest BCUT2D eigenvalue weighted by atomic mass is 16.4. The van der Waals surface area contributed by atoms with Crippen molar-refractivity contribution in [2.45, 2.75) is 19.5 Å². The van der Waals surface area contributed by atoms with Gasteiger partial charge in [0.2, 0.25) is 5.91 Å². The second kappa shape index (κ2) is 4.41. The average molecular weight is 288 g/mol. The molecule has 1 aromatic rings. The molecule has 1 aromatic heterocycles. The topological polar surface area (TPSA) is 88.3 Å². The Hall–Kier alpha value is -2.18. The lowest BCUT2D eigenvalue weighted by atomic mass is 9.82. The van der Waals surface area contributed by atoms with Gasteiger partial charge >= 0.3 is 5.97 Å². The van der Waals surface area contributed by atoms with Crippen LogP contribution in [0.1, 0.15) is 12.2 Å². The van der Waals surface area contributed by atoms with Crippen LogP contribution in [0.5, 0.6) is 0 Å². The van der Waals surface area contributed by atoms with Crippen LogP contribution in [-0.2, 0) is 22.7 Å². The molecule has 2 heterocycles. The maximum absolute atomic E-state index is 12.8. The molecular formula is C14H16N4O3. The van der Waals surface area contributed by atoms with Crippen LogP contribution in [0.25, 0.3) is 0 Å². The number of fused-ring (bicyclic) bond motifs is 3. The van der Waals surface area contributed by atoms with Gasteiger partial charge in [-0.2, -0.15) is 0 Å². The van der Waals surface area contributed by atoms with E-state index in [1.165, 1.54) is 0 Å². The molecule has 1 N–H and O–H groups in total. The summed E-state index contributed by atoms with van der Waals surface area (Å²) in [6, 6.07) is 0. The third-order valence-corrected chi connectivity index (χ3v) is 4.98. The van der Waals surface area contributed by atoms with E-state index in [1.807, 2.05) is 16.7 Å². The molecule has 0 radical (unpaired) electrons. The lowest BCUT2D eigenvalue weighted by molar-refractivity contribution is -0.151. The smallest absolute Gasteiger partial charge is 0.307 e. The van der Waals surface area contributed by atoms with Crippen LogP contribution in [-0.4, -0.2) is 43.2 Å². The van der Waals surface area contributed by atoms with Gasteiger partial charge in [-0.15, -0.1) is 10.2 Å². The van der Waals surface area contributed by atoms with Crippen molar-refractivity contribution >= 4 is 11.9 Å². The Kier molecular flexibility index (Phi) is 2.63. The van der Waals surface area contributed by atoms with Crippen LogP contribution < -0.4 is 0 Å². The maximum atomic E-state index is 12.8. The summed E-state index contributed by atoms with van der Waals surface area (Å²) < 4.78 is 1.93. The van der Waals surface area contributed by atoms with Crippen molar-refractivity contribution in [1.82, 2.24) is 19.7 Å². The van der Waals surface area contributed by atoms with Crippen molar-refractivity contribution in [3.63, 3.8) is 0 Å². The van der Waals surface area contributed by atoms with Crippen LogP contribution >= 0.6 is 0 Å². The zero-order chi connectivity index (χ0) is 14.6. The van der Waals surface area contributed by atoms with E-state index in [9.17, 15) is 14.7 Å². The lowest BCUT2D eigenvalue weighted by Gasteiger charge is -2.33. The van der Waals surface area contributed by atoms with Gasteiger partial charge in [-0.25, -0.2) is 0 Å². The number of carbonyl (C=O) groups is 2. The zero-order valence-corrected chi connectivity index (χ0v) is 11.4. The summed E-state index contributed by atoms with van der Waals surface area (Å²) in [6.45, 7) is 1.68. The summed E-state index contributed by atoms with van der Waals surface area (Å²) in [5.74, 6) is -1.06. The van der Waals surface area contributed by atoms with Gasteiger partial charge in [-0.05, 0) is 18.3 Å². The predicted octanol–water partition coefficient (Wildman–Crippen LogP) is 0.143. The quantitative estimate of drug-likeness (QED) is 0.782. The number of aliphatic carboxylic acids is 1. The highest BCUT2D eigenvalue weighted by Crippen LogP contribution is 2.48. The van der Waals surface area contributed by atoms with E-state index < -0.39 is 17.8 Å². The second-order valence-electron chi connectivity index (χ2n) is 6.04. The number of allylic oxidation sites excluding steroid dienone is 2. The molecular weight excluding hydrogens is 272 g/mol. The van der Waals surface area contributed by atoms with Crippen LogP contribution in [0.15, 0.2) is 18.5 Å². The van der Waals surface area contributed by atoms with Crippen molar-refractivity contribution in [3.05, 3.63) is 24.3 Å². The molecule has 7 nitrogen and oxygen atoms in total. The second-order valence-corrected chi connectivity index (χ2v) is 6.04. The van der Waals surface area contributed by atoms with Crippen molar-refractivity contribution < 1.29 is 14.7 Å². The SMILES string of the molecule is O=C(O)[C@@H]1C2C=CC(C2)[C@@H]1C(=O)N1CCn2cnnc2C1. The fraction of sp³-hybridized carbons (Fsp3) is 0.571. The first-order valence-corrected chi connectivity index (χ1v) is 7.22. The number of rotatable bonds is 2. The van der Waals surface area contributed by atoms with Gasteiger partial charge in [-0.1, -0.05) is 12.2 Å². The molecule has 3 aliphatic rings. The maximum Gasteiger partial charge on any atom is 0.307 e. The van der Waals surface area contributed by atoms with Crippen LogP contribution in [0.3, 0.4) is 0 Å². The number of nitrogens with zero attached hydrogens (tertiary/aromatic N) is 4. The molecule has 1 saturated carbocycles. The Morgan fingerprint density at radius 3 is 2.71 bits per heavy atom. The standard InChI is InChI=1S/C14H16N4O3/c19-13(17-3-4-18-7-15-16-10(18)6-17)11-8-1-2-9(5-8)12(11)14(20)21/h1-2,7-9,11-12H,3-6H2,(H,20,21)/t8?,9?,11-,12+/m0/s1. The molecule has 0 saturated heterocycles. The third-order valence-electron chi connectivity index (χ3n) is 4.98. The fourth-order valence-electron chi connectivity index (χ4n) is 3.96. The van der Waals surface area contributed by atoms with Gasteiger partial charge in [0.05, 0.1) is 18.4 Å². The Morgan fingerprint density at radius 2 is 1.95 bits per heavy atom. The van der Waals surface area contributed by atoms with E-state index in [2.05, 4.69) is 10.2 Å².